The molecule has 1 saturated heterocycles. The quantitative estimate of drug-likeness (QED) is 0.164. The number of rotatable bonds is 12. The van der Waals surface area contributed by atoms with E-state index in [1.807, 2.05) is 72.8 Å². The molecule has 1 fully saturated rings. The van der Waals surface area contributed by atoms with Gasteiger partial charge >= 0.3 is 12.1 Å². The Morgan fingerprint density at radius 3 is 2.44 bits per heavy atom. The van der Waals surface area contributed by atoms with E-state index < -0.39 is 18.1 Å². The van der Waals surface area contributed by atoms with Crippen LogP contribution in [-0.2, 0) is 36.9 Å². The maximum Gasteiger partial charge on any atom is 0.407 e. The van der Waals surface area contributed by atoms with Crippen molar-refractivity contribution in [1.82, 2.24) is 15.5 Å². The van der Waals surface area contributed by atoms with Crippen molar-refractivity contribution < 1.29 is 33.8 Å². The van der Waals surface area contributed by atoms with E-state index in [9.17, 15) is 24.3 Å². The SMILES string of the molecule is O=C(NCCCCC1COC(=O)C(Cc2ccccc2)CCCC=CCC(CC(=O)N2CCCC2CO)C(=O)N1)OCc1ccccc1. The molecule has 2 heterocycles. The average Bonchev–Trinajstić information content (AvgIpc) is 3.59. The summed E-state index contributed by atoms with van der Waals surface area (Å²) in [5.41, 5.74) is 1.98. The van der Waals surface area contributed by atoms with Gasteiger partial charge in [0.05, 0.1) is 30.5 Å². The summed E-state index contributed by atoms with van der Waals surface area (Å²) in [4.78, 5) is 54.1. The first-order chi connectivity index (χ1) is 23.4. The molecule has 0 aromatic heterocycles. The molecule has 2 aliphatic heterocycles. The largest absolute Gasteiger partial charge is 0.463 e. The fourth-order valence-corrected chi connectivity index (χ4v) is 6.32. The van der Waals surface area contributed by atoms with Crippen molar-refractivity contribution in [2.24, 2.45) is 11.8 Å². The van der Waals surface area contributed by atoms with Crippen LogP contribution in [0.15, 0.2) is 72.8 Å². The third-order valence-corrected chi connectivity index (χ3v) is 9.10. The van der Waals surface area contributed by atoms with E-state index in [0.717, 1.165) is 36.8 Å². The van der Waals surface area contributed by atoms with Gasteiger partial charge in [0.1, 0.15) is 13.2 Å². The van der Waals surface area contributed by atoms with Crippen molar-refractivity contribution in [2.75, 3.05) is 26.3 Å². The summed E-state index contributed by atoms with van der Waals surface area (Å²) in [5, 5.41) is 15.6. The van der Waals surface area contributed by atoms with Gasteiger partial charge in [-0.25, -0.2) is 4.79 Å². The number of aliphatic hydroxyl groups is 1. The van der Waals surface area contributed by atoms with Crippen LogP contribution in [0.4, 0.5) is 4.79 Å². The first-order valence-electron chi connectivity index (χ1n) is 17.4. The minimum Gasteiger partial charge on any atom is -0.463 e. The molecule has 4 unspecified atom stereocenters. The molecule has 0 radical (unpaired) electrons. The Bertz CT molecular complexity index is 1320. The lowest BCUT2D eigenvalue weighted by atomic mass is 9.93. The molecule has 4 atom stereocenters. The van der Waals surface area contributed by atoms with E-state index >= 15 is 0 Å². The maximum atomic E-state index is 13.7. The van der Waals surface area contributed by atoms with Crippen LogP contribution in [-0.4, -0.2) is 72.3 Å². The Morgan fingerprint density at radius 2 is 1.69 bits per heavy atom. The number of benzene rings is 2. The van der Waals surface area contributed by atoms with Gasteiger partial charge in [0.25, 0.3) is 0 Å². The van der Waals surface area contributed by atoms with Crippen molar-refractivity contribution in [2.45, 2.75) is 89.3 Å². The van der Waals surface area contributed by atoms with Crippen LogP contribution in [0.5, 0.6) is 0 Å². The second kappa shape index (κ2) is 20.2. The second-order valence-corrected chi connectivity index (χ2v) is 12.8. The molecule has 0 saturated carbocycles. The van der Waals surface area contributed by atoms with Crippen LogP contribution in [0.2, 0.25) is 0 Å². The van der Waals surface area contributed by atoms with Gasteiger partial charge in [0, 0.05) is 19.5 Å². The van der Waals surface area contributed by atoms with Crippen LogP contribution in [0.1, 0.15) is 75.3 Å². The number of esters is 1. The average molecular weight is 662 g/mol. The maximum absolute atomic E-state index is 13.7. The van der Waals surface area contributed by atoms with Crippen molar-refractivity contribution in [3.8, 4) is 0 Å². The molecule has 0 bridgehead atoms. The van der Waals surface area contributed by atoms with E-state index in [4.69, 9.17) is 9.47 Å². The highest BCUT2D eigenvalue weighted by Gasteiger charge is 2.32. The fourth-order valence-electron chi connectivity index (χ4n) is 6.32. The number of hydrogen-bond acceptors (Lipinski definition) is 7. The number of unbranched alkanes of at least 4 members (excludes halogenated alkanes) is 1. The van der Waals surface area contributed by atoms with Crippen LogP contribution in [0, 0.1) is 11.8 Å². The highest BCUT2D eigenvalue weighted by atomic mass is 16.5. The van der Waals surface area contributed by atoms with Crippen LogP contribution in [0.3, 0.4) is 0 Å². The van der Waals surface area contributed by atoms with Gasteiger partial charge in [0.2, 0.25) is 11.8 Å². The summed E-state index contributed by atoms with van der Waals surface area (Å²) < 4.78 is 11.1. The zero-order chi connectivity index (χ0) is 34.0. The van der Waals surface area contributed by atoms with Crippen molar-refractivity contribution in [3.63, 3.8) is 0 Å². The number of amides is 3. The van der Waals surface area contributed by atoms with Crippen LogP contribution < -0.4 is 10.6 Å². The summed E-state index contributed by atoms with van der Waals surface area (Å²) in [6.45, 7) is 1.12. The first kappa shape index (κ1) is 36.7. The van der Waals surface area contributed by atoms with Gasteiger partial charge in [-0.3, -0.25) is 14.4 Å². The number of ether oxygens (including phenoxy) is 2. The van der Waals surface area contributed by atoms with Crippen LogP contribution in [0.25, 0.3) is 0 Å². The van der Waals surface area contributed by atoms with Gasteiger partial charge < -0.3 is 30.1 Å². The summed E-state index contributed by atoms with van der Waals surface area (Å²) >= 11 is 0. The topological polar surface area (TPSA) is 134 Å². The number of alkyl carbamates (subject to hydrolysis) is 1. The van der Waals surface area contributed by atoms with Gasteiger partial charge in [-0.05, 0) is 75.3 Å². The minimum absolute atomic E-state index is 0.0254. The van der Waals surface area contributed by atoms with E-state index in [2.05, 4.69) is 10.6 Å². The molecule has 10 heteroatoms. The molecule has 10 nitrogen and oxygen atoms in total. The number of allylic oxidation sites excluding steroid dienone is 2. The second-order valence-electron chi connectivity index (χ2n) is 12.8. The molecule has 3 N–H and O–H groups in total. The smallest absolute Gasteiger partial charge is 0.407 e. The molecule has 0 spiro atoms. The predicted molar refractivity (Wildman–Crippen MR) is 183 cm³/mol. The standard InChI is InChI=1S/C38H51N3O7/c42-26-34-21-13-23-41(34)35(43)25-31-18-9-1-2-10-19-32(24-29-14-5-3-6-15-29)37(45)47-28-33(40-36(31)44)20-11-12-22-39-38(46)48-27-30-16-7-4-8-17-30/h1,3-9,14-17,31-34,42H,2,10-13,18-28H2,(H,39,46)(H,40,44). The molecular formula is C38H51N3O7. The summed E-state index contributed by atoms with van der Waals surface area (Å²) in [6, 6.07) is 18.7. The number of likely N-dealkylation sites (tertiary alicyclic amines) is 1. The Labute approximate surface area is 284 Å². The lowest BCUT2D eigenvalue weighted by molar-refractivity contribution is -0.150. The van der Waals surface area contributed by atoms with Gasteiger partial charge in [0.15, 0.2) is 0 Å². The van der Waals surface area contributed by atoms with Crippen molar-refractivity contribution in [3.05, 3.63) is 83.9 Å². The van der Waals surface area contributed by atoms with Crippen molar-refractivity contribution >= 4 is 23.9 Å². The molecular weight excluding hydrogens is 610 g/mol. The molecule has 3 amide bonds. The van der Waals surface area contributed by atoms with Crippen molar-refractivity contribution in [1.29, 1.82) is 0 Å². The Morgan fingerprint density at radius 1 is 0.938 bits per heavy atom. The number of carbonyl (C=O) groups is 4. The minimum atomic E-state index is -0.582. The molecule has 2 aliphatic rings. The molecule has 0 aliphatic carbocycles. The molecule has 48 heavy (non-hydrogen) atoms. The summed E-state index contributed by atoms with van der Waals surface area (Å²) in [5.74, 6) is -1.54. The third-order valence-electron chi connectivity index (χ3n) is 9.10. The highest BCUT2D eigenvalue weighted by Crippen LogP contribution is 2.23. The van der Waals surface area contributed by atoms with E-state index in [1.54, 1.807) is 4.90 Å². The highest BCUT2D eigenvalue weighted by molar-refractivity contribution is 5.86. The predicted octanol–water partition coefficient (Wildman–Crippen LogP) is 5.09. The van der Waals surface area contributed by atoms with Gasteiger partial charge in [-0.2, -0.15) is 0 Å². The third kappa shape index (κ3) is 12.4. The Hall–Kier alpha value is -4.18. The zero-order valence-corrected chi connectivity index (χ0v) is 27.9. The fraction of sp³-hybridized carbons (Fsp3) is 0.526. The number of carbonyl (C=O) groups excluding carboxylic acids is 4. The number of nitrogens with zero attached hydrogens (tertiary/aromatic N) is 1. The number of nitrogens with one attached hydrogen (secondary N) is 2. The normalized spacial score (nSPS) is 22.3. The summed E-state index contributed by atoms with van der Waals surface area (Å²) in [7, 11) is 0. The monoisotopic (exact) mass is 661 g/mol. The lowest BCUT2D eigenvalue weighted by Crippen LogP contribution is -2.45. The van der Waals surface area contributed by atoms with E-state index in [-0.39, 0.29) is 56.0 Å². The molecule has 260 valence electrons. The molecule has 4 rings (SSSR count). The number of cyclic esters (lactones) is 1. The number of aliphatic hydroxyl groups excluding tert-OH is 1. The Kier molecular flexibility index (Phi) is 15.5. The van der Waals surface area contributed by atoms with Gasteiger partial charge in [-0.15, -0.1) is 0 Å². The zero-order valence-electron chi connectivity index (χ0n) is 27.9. The lowest BCUT2D eigenvalue weighted by Gasteiger charge is -2.27. The molecule has 2 aromatic rings. The Balaban J connectivity index is 1.36. The van der Waals surface area contributed by atoms with Crippen LogP contribution >= 0.6 is 0 Å². The van der Waals surface area contributed by atoms with E-state index in [0.29, 0.717) is 51.6 Å². The number of hydrogen-bond donors (Lipinski definition) is 3. The summed E-state index contributed by atoms with van der Waals surface area (Å²) in [6.07, 6.45) is 10.2. The van der Waals surface area contributed by atoms with Gasteiger partial charge in [-0.1, -0.05) is 72.8 Å². The molecule has 2 aromatic carbocycles. The van der Waals surface area contributed by atoms with E-state index in [1.165, 1.54) is 0 Å². The first-order valence-corrected chi connectivity index (χ1v) is 17.4.